The van der Waals surface area contributed by atoms with Crippen molar-refractivity contribution in [2.75, 3.05) is 60.7 Å². The van der Waals surface area contributed by atoms with Crippen molar-refractivity contribution in [1.29, 1.82) is 0 Å². The molecular formula is C23H40N4O4. The molecule has 1 saturated heterocycles. The summed E-state index contributed by atoms with van der Waals surface area (Å²) < 4.78 is 21.9. The lowest BCUT2D eigenvalue weighted by Gasteiger charge is -2.35. The molecule has 0 spiro atoms. The molecule has 0 saturated carbocycles. The standard InChI is InChI=1S/C23H40N4O4/c1-7-24-23(26-16-19(12-17(2)3)27-8-10-31-11-9-27)25-15-18-13-21(29-5)22(30-6)14-20(18)28-4/h13-14,17,19H,7-12,15-16H2,1-6H3,(H2,24,25,26). The first-order chi connectivity index (χ1) is 15.0. The quantitative estimate of drug-likeness (QED) is 0.408. The third kappa shape index (κ3) is 7.78. The Bertz CT molecular complexity index is 690. The Morgan fingerprint density at radius 1 is 1.03 bits per heavy atom. The fourth-order valence-electron chi connectivity index (χ4n) is 3.78. The van der Waals surface area contributed by atoms with Crippen LogP contribution < -0.4 is 24.8 Å². The molecule has 0 bridgehead atoms. The maximum absolute atomic E-state index is 5.54. The molecule has 1 unspecified atom stereocenters. The van der Waals surface area contributed by atoms with Crippen LogP contribution in [0, 0.1) is 5.92 Å². The minimum Gasteiger partial charge on any atom is -0.496 e. The number of nitrogens with one attached hydrogen (secondary N) is 2. The van der Waals surface area contributed by atoms with Crippen LogP contribution in [0.5, 0.6) is 17.2 Å². The maximum Gasteiger partial charge on any atom is 0.191 e. The molecule has 1 fully saturated rings. The van der Waals surface area contributed by atoms with E-state index in [4.69, 9.17) is 23.9 Å². The van der Waals surface area contributed by atoms with Crippen molar-refractivity contribution in [1.82, 2.24) is 15.5 Å². The van der Waals surface area contributed by atoms with Crippen LogP contribution >= 0.6 is 0 Å². The van der Waals surface area contributed by atoms with Crippen molar-refractivity contribution in [3.8, 4) is 17.2 Å². The molecule has 8 nitrogen and oxygen atoms in total. The third-order valence-corrected chi connectivity index (χ3v) is 5.35. The number of guanidine groups is 1. The van der Waals surface area contributed by atoms with Crippen molar-refractivity contribution in [2.24, 2.45) is 10.9 Å². The molecule has 0 amide bonds. The Hall–Kier alpha value is -2.19. The van der Waals surface area contributed by atoms with Crippen molar-refractivity contribution in [3.05, 3.63) is 17.7 Å². The average Bonchev–Trinajstić information content (AvgIpc) is 2.79. The molecule has 1 aliphatic rings. The van der Waals surface area contributed by atoms with Gasteiger partial charge in [-0.2, -0.15) is 0 Å². The topological polar surface area (TPSA) is 76.6 Å². The number of rotatable bonds is 11. The smallest absolute Gasteiger partial charge is 0.191 e. The average molecular weight is 437 g/mol. The number of hydrogen-bond acceptors (Lipinski definition) is 6. The summed E-state index contributed by atoms with van der Waals surface area (Å²) in [6, 6.07) is 4.20. The van der Waals surface area contributed by atoms with E-state index in [0.717, 1.165) is 63.1 Å². The molecule has 2 N–H and O–H groups in total. The van der Waals surface area contributed by atoms with Gasteiger partial charge in [-0.1, -0.05) is 13.8 Å². The van der Waals surface area contributed by atoms with Gasteiger partial charge in [0.05, 0.1) is 41.1 Å². The molecule has 0 aliphatic carbocycles. The Balaban J connectivity index is 2.11. The number of aliphatic imine (C=N–C) groups is 1. The van der Waals surface area contributed by atoms with Crippen LogP contribution in [-0.2, 0) is 11.3 Å². The molecule has 176 valence electrons. The van der Waals surface area contributed by atoms with Crippen molar-refractivity contribution in [2.45, 2.75) is 39.8 Å². The van der Waals surface area contributed by atoms with Gasteiger partial charge in [-0.25, -0.2) is 4.99 Å². The Morgan fingerprint density at radius 2 is 1.68 bits per heavy atom. The summed E-state index contributed by atoms with van der Waals surface area (Å²) in [6.45, 7) is 12.3. The summed E-state index contributed by atoms with van der Waals surface area (Å²) in [6.07, 6.45) is 1.13. The Labute approximate surface area is 187 Å². The van der Waals surface area contributed by atoms with Crippen LogP contribution in [0.25, 0.3) is 0 Å². The molecule has 1 atom stereocenters. The Morgan fingerprint density at radius 3 is 2.26 bits per heavy atom. The van der Waals surface area contributed by atoms with Crippen LogP contribution in [0.3, 0.4) is 0 Å². The highest BCUT2D eigenvalue weighted by molar-refractivity contribution is 5.79. The lowest BCUT2D eigenvalue weighted by atomic mass is 10.0. The van der Waals surface area contributed by atoms with Gasteiger partial charge in [0.1, 0.15) is 5.75 Å². The van der Waals surface area contributed by atoms with Crippen LogP contribution in [0.2, 0.25) is 0 Å². The summed E-state index contributed by atoms with van der Waals surface area (Å²) in [7, 11) is 4.89. The number of hydrogen-bond donors (Lipinski definition) is 2. The van der Waals surface area contributed by atoms with Crippen LogP contribution in [0.4, 0.5) is 0 Å². The van der Waals surface area contributed by atoms with Gasteiger partial charge < -0.3 is 29.6 Å². The molecule has 0 radical (unpaired) electrons. The summed E-state index contributed by atoms with van der Waals surface area (Å²) in [5.41, 5.74) is 0.935. The van der Waals surface area contributed by atoms with Gasteiger partial charge >= 0.3 is 0 Å². The normalized spacial score (nSPS) is 16.2. The number of morpholine rings is 1. The zero-order valence-corrected chi connectivity index (χ0v) is 20.0. The van der Waals surface area contributed by atoms with Gasteiger partial charge in [-0.3, -0.25) is 4.90 Å². The van der Waals surface area contributed by atoms with Crippen LogP contribution in [0.15, 0.2) is 17.1 Å². The van der Waals surface area contributed by atoms with E-state index in [9.17, 15) is 0 Å². The fourth-order valence-corrected chi connectivity index (χ4v) is 3.78. The van der Waals surface area contributed by atoms with Gasteiger partial charge in [-0.05, 0) is 25.3 Å². The molecule has 1 aromatic carbocycles. The number of methoxy groups -OCH3 is 3. The zero-order chi connectivity index (χ0) is 22.6. The van der Waals surface area contributed by atoms with E-state index < -0.39 is 0 Å². The largest absolute Gasteiger partial charge is 0.496 e. The monoisotopic (exact) mass is 436 g/mol. The zero-order valence-electron chi connectivity index (χ0n) is 20.0. The molecule has 2 rings (SSSR count). The molecule has 1 heterocycles. The second-order valence-electron chi connectivity index (χ2n) is 8.03. The van der Waals surface area contributed by atoms with E-state index in [-0.39, 0.29) is 0 Å². The maximum atomic E-state index is 5.54. The van der Waals surface area contributed by atoms with E-state index in [1.54, 1.807) is 21.3 Å². The highest BCUT2D eigenvalue weighted by atomic mass is 16.5. The summed E-state index contributed by atoms with van der Waals surface area (Å²) in [4.78, 5) is 7.32. The van der Waals surface area contributed by atoms with Gasteiger partial charge in [-0.15, -0.1) is 0 Å². The van der Waals surface area contributed by atoms with E-state index in [2.05, 4.69) is 36.3 Å². The minimum atomic E-state index is 0.448. The van der Waals surface area contributed by atoms with E-state index in [1.165, 1.54) is 0 Å². The highest BCUT2D eigenvalue weighted by Crippen LogP contribution is 2.34. The van der Waals surface area contributed by atoms with Gasteiger partial charge in [0.2, 0.25) is 0 Å². The van der Waals surface area contributed by atoms with Crippen LogP contribution in [-0.4, -0.2) is 77.6 Å². The SMILES string of the molecule is CCNC(=NCc1cc(OC)c(OC)cc1OC)NCC(CC(C)C)N1CCOCC1. The van der Waals surface area contributed by atoms with E-state index in [1.807, 2.05) is 12.1 Å². The number of ether oxygens (including phenoxy) is 4. The third-order valence-electron chi connectivity index (χ3n) is 5.35. The second-order valence-corrected chi connectivity index (χ2v) is 8.03. The van der Waals surface area contributed by atoms with E-state index >= 15 is 0 Å². The van der Waals surface area contributed by atoms with Crippen molar-refractivity contribution < 1.29 is 18.9 Å². The minimum absolute atomic E-state index is 0.448. The molecule has 1 aromatic rings. The highest BCUT2D eigenvalue weighted by Gasteiger charge is 2.22. The first kappa shape index (κ1) is 25.1. The predicted molar refractivity (Wildman–Crippen MR) is 125 cm³/mol. The fraction of sp³-hybridized carbons (Fsp3) is 0.696. The predicted octanol–water partition coefficient (Wildman–Crippen LogP) is 2.51. The molecule has 1 aliphatic heterocycles. The number of nitrogens with zero attached hydrogens (tertiary/aromatic N) is 2. The summed E-state index contributed by atoms with van der Waals surface area (Å²) >= 11 is 0. The first-order valence-corrected chi connectivity index (χ1v) is 11.1. The van der Waals surface area contributed by atoms with Crippen molar-refractivity contribution in [3.63, 3.8) is 0 Å². The lowest BCUT2D eigenvalue weighted by molar-refractivity contribution is 0.0132. The molecule has 8 heteroatoms. The van der Waals surface area contributed by atoms with Gasteiger partial charge in [0.15, 0.2) is 17.5 Å². The van der Waals surface area contributed by atoms with Gasteiger partial charge in [0.25, 0.3) is 0 Å². The van der Waals surface area contributed by atoms with Gasteiger partial charge in [0, 0.05) is 43.9 Å². The first-order valence-electron chi connectivity index (χ1n) is 11.1. The molecule has 0 aromatic heterocycles. The number of benzene rings is 1. The Kier molecular flexibility index (Phi) is 10.7. The summed E-state index contributed by atoms with van der Waals surface area (Å²) in [5, 5.41) is 6.89. The second kappa shape index (κ2) is 13.3. The molecular weight excluding hydrogens is 396 g/mol. The van der Waals surface area contributed by atoms with Crippen LogP contribution in [0.1, 0.15) is 32.8 Å². The van der Waals surface area contributed by atoms with E-state index in [0.29, 0.717) is 30.0 Å². The molecule has 31 heavy (non-hydrogen) atoms. The lowest BCUT2D eigenvalue weighted by Crippen LogP contribution is -2.51. The van der Waals surface area contributed by atoms with Crippen molar-refractivity contribution >= 4 is 5.96 Å². The summed E-state index contributed by atoms with van der Waals surface area (Å²) in [5.74, 6) is 3.45.